The molecule has 0 saturated carbocycles. The van der Waals surface area contributed by atoms with Gasteiger partial charge in [-0.3, -0.25) is 0 Å². The zero-order valence-electron chi connectivity index (χ0n) is 5.34. The Kier molecular flexibility index (Phi) is 2.19. The van der Waals surface area contributed by atoms with Gasteiger partial charge in [-0.05, 0) is 33.2 Å². The van der Waals surface area contributed by atoms with Crippen molar-refractivity contribution >= 4 is 27.3 Å². The lowest BCUT2D eigenvalue weighted by Gasteiger charge is -1.99. The van der Waals surface area contributed by atoms with Crippen molar-refractivity contribution < 1.29 is 4.39 Å². The molecule has 1 aromatic carbocycles. The first kappa shape index (κ1) is 8.13. The summed E-state index contributed by atoms with van der Waals surface area (Å²) in [6.07, 6.45) is 0. The van der Waals surface area contributed by atoms with Crippen LogP contribution in [0.5, 0.6) is 0 Å². The van der Waals surface area contributed by atoms with E-state index in [-0.39, 0.29) is 15.8 Å². The van der Waals surface area contributed by atoms with Crippen LogP contribution in [-0.2, 0) is 0 Å². The molecule has 0 unspecified atom stereocenters. The van der Waals surface area contributed by atoms with Gasteiger partial charge in [-0.2, -0.15) is 0 Å². The van der Waals surface area contributed by atoms with Crippen molar-refractivity contribution in [3.63, 3.8) is 0 Å². The van der Waals surface area contributed by atoms with Gasteiger partial charge in [0.05, 0.1) is 10.2 Å². The topological polar surface area (TPSA) is 55.4 Å². The van der Waals surface area contributed by atoms with Gasteiger partial charge < -0.3 is 5.73 Å². The van der Waals surface area contributed by atoms with E-state index in [2.05, 4.69) is 21.1 Å². The molecule has 0 fully saturated rings. The summed E-state index contributed by atoms with van der Waals surface area (Å²) >= 11 is 2.87. The van der Waals surface area contributed by atoms with Gasteiger partial charge in [0, 0.05) is 0 Å². The highest BCUT2D eigenvalue weighted by atomic mass is 79.9. The lowest BCUT2D eigenvalue weighted by molar-refractivity contribution is 0.622. The van der Waals surface area contributed by atoms with Crippen LogP contribution in [0.3, 0.4) is 0 Å². The maximum Gasteiger partial charge on any atom is 0.139 e. The van der Waals surface area contributed by atoms with Gasteiger partial charge in [0.2, 0.25) is 0 Å². The number of nitroso groups, excluding NO2 is 1. The van der Waals surface area contributed by atoms with E-state index in [0.29, 0.717) is 0 Å². The van der Waals surface area contributed by atoms with Crippen molar-refractivity contribution in [2.75, 3.05) is 5.73 Å². The minimum absolute atomic E-state index is 0.0278. The maximum absolute atomic E-state index is 12.6. The largest absolute Gasteiger partial charge is 0.396 e. The molecule has 0 bridgehead atoms. The summed E-state index contributed by atoms with van der Waals surface area (Å²) in [5.74, 6) is -0.505. The van der Waals surface area contributed by atoms with Crippen LogP contribution < -0.4 is 5.73 Å². The number of benzene rings is 1. The molecule has 58 valence electrons. The molecule has 0 radical (unpaired) electrons. The molecule has 2 N–H and O–H groups in total. The van der Waals surface area contributed by atoms with Crippen molar-refractivity contribution in [2.45, 2.75) is 0 Å². The van der Waals surface area contributed by atoms with Gasteiger partial charge in [0.15, 0.2) is 0 Å². The minimum Gasteiger partial charge on any atom is -0.396 e. The molecule has 0 heterocycles. The van der Waals surface area contributed by atoms with Gasteiger partial charge in [-0.25, -0.2) is 4.39 Å². The Labute approximate surface area is 70.5 Å². The predicted molar refractivity (Wildman–Crippen MR) is 44.0 cm³/mol. The van der Waals surface area contributed by atoms with Gasteiger partial charge in [0.1, 0.15) is 11.5 Å². The van der Waals surface area contributed by atoms with Crippen molar-refractivity contribution in [1.29, 1.82) is 0 Å². The lowest BCUT2D eigenvalue weighted by Crippen LogP contribution is -1.89. The van der Waals surface area contributed by atoms with Gasteiger partial charge in [0.25, 0.3) is 0 Å². The molecule has 3 nitrogen and oxygen atoms in total. The first-order valence-electron chi connectivity index (χ1n) is 2.73. The first-order chi connectivity index (χ1) is 5.16. The molecular formula is C6H4BrFN2O. The summed E-state index contributed by atoms with van der Waals surface area (Å²) in [4.78, 5) is 10.0. The fourth-order valence-electron chi connectivity index (χ4n) is 0.636. The van der Waals surface area contributed by atoms with Crippen LogP contribution in [0.4, 0.5) is 15.8 Å². The molecule has 11 heavy (non-hydrogen) atoms. The van der Waals surface area contributed by atoms with Crippen LogP contribution in [0.1, 0.15) is 0 Å². The van der Waals surface area contributed by atoms with E-state index in [1.807, 2.05) is 0 Å². The number of nitrogens with zero attached hydrogens (tertiary/aromatic N) is 1. The van der Waals surface area contributed by atoms with Crippen molar-refractivity contribution in [3.05, 3.63) is 27.3 Å². The number of hydrogen-bond donors (Lipinski definition) is 1. The van der Waals surface area contributed by atoms with Gasteiger partial charge in [-0.15, -0.1) is 4.91 Å². The highest BCUT2D eigenvalue weighted by molar-refractivity contribution is 9.10. The number of halogens is 2. The number of hydrogen-bond acceptors (Lipinski definition) is 3. The Morgan fingerprint density at radius 2 is 2.18 bits per heavy atom. The number of nitrogen functional groups attached to an aromatic ring is 1. The smallest absolute Gasteiger partial charge is 0.139 e. The Balaban J connectivity index is 3.36. The average Bonchev–Trinajstić information content (AvgIpc) is 2.01. The van der Waals surface area contributed by atoms with Crippen LogP contribution in [0.25, 0.3) is 0 Å². The molecule has 0 aliphatic heterocycles. The molecular weight excluding hydrogens is 215 g/mol. The molecule has 0 aliphatic carbocycles. The van der Waals surface area contributed by atoms with E-state index in [1.54, 1.807) is 0 Å². The molecule has 1 aromatic rings. The van der Waals surface area contributed by atoms with E-state index >= 15 is 0 Å². The second-order valence-corrected chi connectivity index (χ2v) is 2.68. The molecule has 0 aliphatic rings. The minimum atomic E-state index is -0.505. The predicted octanol–water partition coefficient (Wildman–Crippen LogP) is 2.57. The molecule has 0 spiro atoms. The molecule has 0 aromatic heterocycles. The molecule has 5 heteroatoms. The van der Waals surface area contributed by atoms with Crippen LogP contribution >= 0.6 is 15.9 Å². The van der Waals surface area contributed by atoms with Crippen LogP contribution in [-0.4, -0.2) is 0 Å². The maximum atomic E-state index is 12.6. The second-order valence-electron chi connectivity index (χ2n) is 1.89. The standard InChI is InChI=1S/C6H4BrFN2O/c7-5-3(8)1-2-4(10-11)6(5)9/h1-2H,9H2. The van der Waals surface area contributed by atoms with E-state index in [0.717, 1.165) is 6.07 Å². The van der Waals surface area contributed by atoms with Crippen molar-refractivity contribution in [3.8, 4) is 0 Å². The van der Waals surface area contributed by atoms with Crippen molar-refractivity contribution in [2.24, 2.45) is 5.18 Å². The SMILES string of the molecule is Nc1c(N=O)ccc(F)c1Br. The fourth-order valence-corrected chi connectivity index (χ4v) is 0.971. The zero-order valence-corrected chi connectivity index (χ0v) is 6.93. The van der Waals surface area contributed by atoms with E-state index < -0.39 is 5.82 Å². The first-order valence-corrected chi connectivity index (χ1v) is 3.53. The third-order valence-electron chi connectivity index (χ3n) is 1.21. The zero-order chi connectivity index (χ0) is 8.43. The van der Waals surface area contributed by atoms with Crippen LogP contribution in [0.2, 0.25) is 0 Å². The number of nitrogens with two attached hydrogens (primary N) is 1. The Morgan fingerprint density at radius 1 is 1.55 bits per heavy atom. The van der Waals surface area contributed by atoms with Gasteiger partial charge >= 0.3 is 0 Å². The summed E-state index contributed by atoms with van der Waals surface area (Å²) in [6.45, 7) is 0. The average molecular weight is 219 g/mol. The lowest BCUT2D eigenvalue weighted by atomic mass is 10.3. The highest BCUT2D eigenvalue weighted by Crippen LogP contribution is 2.31. The van der Waals surface area contributed by atoms with Crippen LogP contribution in [0, 0.1) is 10.7 Å². The third-order valence-corrected chi connectivity index (χ3v) is 2.01. The summed E-state index contributed by atoms with van der Waals surface area (Å²) in [5.41, 5.74) is 5.38. The normalized spacial score (nSPS) is 9.64. The number of rotatable bonds is 1. The summed E-state index contributed by atoms with van der Waals surface area (Å²) in [5, 5.41) is 2.60. The number of anilines is 1. The van der Waals surface area contributed by atoms with E-state index in [1.165, 1.54) is 6.07 Å². The summed E-state index contributed by atoms with van der Waals surface area (Å²) in [7, 11) is 0. The molecule has 0 amide bonds. The summed E-state index contributed by atoms with van der Waals surface area (Å²) in [6, 6.07) is 2.35. The highest BCUT2D eigenvalue weighted by Gasteiger charge is 2.07. The Hall–Kier alpha value is -0.970. The monoisotopic (exact) mass is 218 g/mol. The molecule has 0 saturated heterocycles. The van der Waals surface area contributed by atoms with E-state index in [4.69, 9.17) is 5.73 Å². The van der Waals surface area contributed by atoms with Crippen LogP contribution in [0.15, 0.2) is 21.8 Å². The van der Waals surface area contributed by atoms with Crippen molar-refractivity contribution in [1.82, 2.24) is 0 Å². The third kappa shape index (κ3) is 1.37. The Morgan fingerprint density at radius 3 is 2.73 bits per heavy atom. The van der Waals surface area contributed by atoms with E-state index in [9.17, 15) is 9.30 Å². The second kappa shape index (κ2) is 2.96. The Bertz CT molecular complexity index is 303. The fraction of sp³-hybridized carbons (Fsp3) is 0. The summed E-state index contributed by atoms with van der Waals surface area (Å²) < 4.78 is 12.7. The molecule has 0 atom stereocenters. The quantitative estimate of drug-likeness (QED) is 0.582. The van der Waals surface area contributed by atoms with Gasteiger partial charge in [-0.1, -0.05) is 0 Å². The molecule has 1 rings (SSSR count).